The molecule has 9 heavy (non-hydrogen) atoms. The van der Waals surface area contributed by atoms with Gasteiger partial charge in [-0.15, -0.1) is 3.82 Å². The lowest BCUT2D eigenvalue weighted by Gasteiger charge is -2.04. The molecule has 52 valence electrons. The maximum atomic E-state index is 4.04. The number of rotatable bonds is 2. The molecular weight excluding hydrogens is 154 g/mol. The minimum absolute atomic E-state index is 0.947. The van der Waals surface area contributed by atoms with Crippen molar-refractivity contribution in [1.29, 1.82) is 0 Å². The van der Waals surface area contributed by atoms with E-state index >= 15 is 0 Å². The first kappa shape index (κ1) is 7.11. The molecule has 0 bridgehead atoms. The molecule has 0 amide bonds. The van der Waals surface area contributed by atoms with Crippen LogP contribution < -0.4 is 10.7 Å². The maximum absolute atomic E-state index is 4.04. The maximum Gasteiger partial charge on any atom is 0.104 e. The lowest BCUT2D eigenvalue weighted by molar-refractivity contribution is 0.674. The fourth-order valence-corrected chi connectivity index (χ4v) is 1.44. The van der Waals surface area contributed by atoms with Crippen molar-refractivity contribution in [2.75, 3.05) is 6.54 Å². The molecule has 2 N–H and O–H groups in total. The summed E-state index contributed by atoms with van der Waals surface area (Å²) in [6.07, 6.45) is 1.88. The Balaban J connectivity index is 2.27. The Hall–Kier alpha value is -0.000000000000000111. The lowest BCUT2D eigenvalue weighted by atomic mass is 10.7. The summed E-state index contributed by atoms with van der Waals surface area (Å²) in [6.45, 7) is 3.00. The standard InChI is InChI=1S/C4H9N3S2/c1-2-5-4-3-6-7(8)9-4/h3,5-6,8H,2H2,1H3. The van der Waals surface area contributed by atoms with Crippen molar-refractivity contribution in [3.63, 3.8) is 0 Å². The molecule has 0 aromatic heterocycles. The monoisotopic (exact) mass is 163 g/mol. The highest BCUT2D eigenvalue weighted by molar-refractivity contribution is 8.08. The largest absolute Gasteiger partial charge is 0.378 e. The molecule has 3 nitrogen and oxygen atoms in total. The summed E-state index contributed by atoms with van der Waals surface area (Å²) in [5.74, 6) is 0. The van der Waals surface area contributed by atoms with Gasteiger partial charge in [0.05, 0.1) is 0 Å². The first-order valence-corrected chi connectivity index (χ1v) is 3.87. The van der Waals surface area contributed by atoms with Crippen molar-refractivity contribution in [1.82, 2.24) is 14.6 Å². The van der Waals surface area contributed by atoms with E-state index in [9.17, 15) is 0 Å². The Morgan fingerprint density at radius 2 is 2.78 bits per heavy atom. The number of hydrogen-bond donors (Lipinski definition) is 3. The quantitative estimate of drug-likeness (QED) is 0.413. The molecular formula is C4H9N3S2. The van der Waals surface area contributed by atoms with Gasteiger partial charge in [0, 0.05) is 24.7 Å². The van der Waals surface area contributed by atoms with E-state index < -0.39 is 0 Å². The third kappa shape index (κ3) is 2.00. The molecule has 0 aromatic rings. The van der Waals surface area contributed by atoms with Crippen LogP contribution in [0.5, 0.6) is 0 Å². The van der Waals surface area contributed by atoms with Crippen LogP contribution in [0.25, 0.3) is 0 Å². The molecule has 0 unspecified atom stereocenters. The number of nitrogens with zero attached hydrogens (tertiary/aromatic N) is 1. The van der Waals surface area contributed by atoms with Gasteiger partial charge in [-0.25, -0.2) is 0 Å². The van der Waals surface area contributed by atoms with Gasteiger partial charge in [0.2, 0.25) is 0 Å². The molecule has 0 aromatic carbocycles. The predicted molar refractivity (Wildman–Crippen MR) is 43.3 cm³/mol. The first-order chi connectivity index (χ1) is 4.33. The van der Waals surface area contributed by atoms with E-state index in [0.717, 1.165) is 11.6 Å². The van der Waals surface area contributed by atoms with Gasteiger partial charge in [-0.05, 0) is 6.92 Å². The Bertz CT molecular complexity index is 125. The number of hydrazine groups is 1. The van der Waals surface area contributed by atoms with Crippen molar-refractivity contribution >= 4 is 24.8 Å². The number of nitrogens with one attached hydrogen (secondary N) is 2. The zero-order valence-electron chi connectivity index (χ0n) is 5.09. The number of hydrogen-bond acceptors (Lipinski definition) is 5. The third-order valence-corrected chi connectivity index (χ3v) is 1.94. The van der Waals surface area contributed by atoms with Gasteiger partial charge >= 0.3 is 0 Å². The SMILES string of the molecule is CCNC1=CNN(S)S1. The Kier molecular flexibility index (Phi) is 2.56. The summed E-state index contributed by atoms with van der Waals surface area (Å²) >= 11 is 5.56. The van der Waals surface area contributed by atoms with E-state index in [1.54, 1.807) is 3.82 Å². The van der Waals surface area contributed by atoms with Crippen LogP contribution in [-0.2, 0) is 0 Å². The minimum Gasteiger partial charge on any atom is -0.378 e. The molecule has 0 aliphatic carbocycles. The fraction of sp³-hybridized carbons (Fsp3) is 0.500. The highest BCUT2D eigenvalue weighted by Crippen LogP contribution is 2.22. The van der Waals surface area contributed by atoms with Gasteiger partial charge in [0.25, 0.3) is 0 Å². The summed E-state index contributed by atoms with van der Waals surface area (Å²) in [6, 6.07) is 0. The van der Waals surface area contributed by atoms with Crippen LogP contribution in [-0.4, -0.2) is 10.4 Å². The summed E-state index contributed by atoms with van der Waals surface area (Å²) in [5, 5.41) is 4.25. The Morgan fingerprint density at radius 3 is 3.22 bits per heavy atom. The molecule has 0 fully saturated rings. The van der Waals surface area contributed by atoms with Gasteiger partial charge < -0.3 is 10.7 Å². The molecule has 0 saturated carbocycles. The average Bonchev–Trinajstić information content (AvgIpc) is 2.17. The highest BCUT2D eigenvalue weighted by Gasteiger charge is 2.08. The van der Waals surface area contributed by atoms with Crippen LogP contribution in [0.15, 0.2) is 11.2 Å². The second-order valence-electron chi connectivity index (χ2n) is 1.53. The van der Waals surface area contributed by atoms with Gasteiger partial charge in [0.15, 0.2) is 0 Å². The summed E-state index contributed by atoms with van der Waals surface area (Å²) in [4.78, 5) is 0. The predicted octanol–water partition coefficient (Wildman–Crippen LogP) is 0.708. The average molecular weight is 163 g/mol. The Labute approximate surface area is 64.5 Å². The second-order valence-corrected chi connectivity index (χ2v) is 3.19. The van der Waals surface area contributed by atoms with Crippen molar-refractivity contribution in [2.24, 2.45) is 0 Å². The van der Waals surface area contributed by atoms with Crippen molar-refractivity contribution < 1.29 is 0 Å². The molecule has 1 heterocycles. The Morgan fingerprint density at radius 1 is 2.00 bits per heavy atom. The van der Waals surface area contributed by atoms with E-state index in [0.29, 0.717) is 0 Å². The third-order valence-electron chi connectivity index (χ3n) is 0.842. The molecule has 1 aliphatic heterocycles. The second kappa shape index (κ2) is 3.24. The summed E-state index contributed by atoms with van der Waals surface area (Å²) in [5.41, 5.74) is 2.89. The van der Waals surface area contributed by atoms with Gasteiger partial charge in [-0.3, -0.25) is 0 Å². The van der Waals surface area contributed by atoms with Crippen LogP contribution in [0, 0.1) is 0 Å². The van der Waals surface area contributed by atoms with Crippen LogP contribution >= 0.6 is 24.8 Å². The van der Waals surface area contributed by atoms with Gasteiger partial charge in [-0.2, -0.15) is 0 Å². The van der Waals surface area contributed by atoms with Crippen LogP contribution in [0.3, 0.4) is 0 Å². The zero-order valence-corrected chi connectivity index (χ0v) is 6.80. The molecule has 0 radical (unpaired) electrons. The first-order valence-electron chi connectivity index (χ1n) is 2.70. The van der Waals surface area contributed by atoms with E-state index in [4.69, 9.17) is 0 Å². The molecule has 0 spiro atoms. The summed E-state index contributed by atoms with van der Waals surface area (Å²) < 4.78 is 1.64. The van der Waals surface area contributed by atoms with Gasteiger partial charge in [-0.1, -0.05) is 12.8 Å². The van der Waals surface area contributed by atoms with Crippen molar-refractivity contribution in [3.05, 3.63) is 11.2 Å². The van der Waals surface area contributed by atoms with E-state index in [-0.39, 0.29) is 0 Å². The van der Waals surface area contributed by atoms with Crippen LogP contribution in [0.4, 0.5) is 0 Å². The minimum atomic E-state index is 0.947. The van der Waals surface area contributed by atoms with Gasteiger partial charge in [0.1, 0.15) is 5.03 Å². The molecule has 0 saturated heterocycles. The van der Waals surface area contributed by atoms with E-state index in [1.165, 1.54) is 11.9 Å². The molecule has 0 atom stereocenters. The zero-order chi connectivity index (χ0) is 6.69. The van der Waals surface area contributed by atoms with E-state index in [2.05, 4.69) is 30.5 Å². The van der Waals surface area contributed by atoms with Crippen LogP contribution in [0.2, 0.25) is 0 Å². The summed E-state index contributed by atoms with van der Waals surface area (Å²) in [7, 11) is 0. The molecule has 1 aliphatic rings. The smallest absolute Gasteiger partial charge is 0.104 e. The topological polar surface area (TPSA) is 27.3 Å². The van der Waals surface area contributed by atoms with Crippen molar-refractivity contribution in [2.45, 2.75) is 6.92 Å². The highest BCUT2D eigenvalue weighted by atomic mass is 32.2. The molecule has 1 rings (SSSR count). The lowest BCUT2D eigenvalue weighted by Crippen LogP contribution is -2.10. The normalized spacial score (nSPS) is 19.1. The molecule has 5 heteroatoms. The van der Waals surface area contributed by atoms with Crippen LogP contribution in [0.1, 0.15) is 6.92 Å². The number of thiol groups is 1. The van der Waals surface area contributed by atoms with Crippen molar-refractivity contribution in [3.8, 4) is 0 Å². The fourth-order valence-electron chi connectivity index (χ4n) is 0.517. The van der Waals surface area contributed by atoms with E-state index in [1.807, 2.05) is 6.20 Å².